The van der Waals surface area contributed by atoms with Gasteiger partial charge in [-0.1, -0.05) is 36.4 Å². The van der Waals surface area contributed by atoms with Crippen molar-refractivity contribution in [1.82, 2.24) is 20.1 Å². The van der Waals surface area contributed by atoms with Crippen LogP contribution in [0.2, 0.25) is 0 Å². The molecule has 2 atom stereocenters. The zero-order chi connectivity index (χ0) is 18.5. The number of urea groups is 1. The minimum Gasteiger partial charge on any atom is -0.334 e. The first-order valence-corrected chi connectivity index (χ1v) is 10.0. The van der Waals surface area contributed by atoms with Gasteiger partial charge in [0.1, 0.15) is 0 Å². The molecule has 0 aliphatic carbocycles. The van der Waals surface area contributed by atoms with Gasteiger partial charge in [-0.15, -0.1) is 0 Å². The molecule has 0 bridgehead atoms. The van der Waals surface area contributed by atoms with E-state index in [1.807, 2.05) is 48.7 Å². The summed E-state index contributed by atoms with van der Waals surface area (Å²) in [7, 11) is 0. The number of hydrogen-bond acceptors (Lipinski definition) is 3. The van der Waals surface area contributed by atoms with Crippen LogP contribution in [-0.2, 0) is 13.1 Å². The molecular weight excluding hydrogens is 336 g/mol. The Kier molecular flexibility index (Phi) is 5.68. The van der Waals surface area contributed by atoms with Gasteiger partial charge >= 0.3 is 6.03 Å². The summed E-state index contributed by atoms with van der Waals surface area (Å²) in [5, 5.41) is 3.11. The molecule has 27 heavy (non-hydrogen) atoms. The maximum absolute atomic E-state index is 12.7. The molecule has 1 aromatic carbocycles. The Morgan fingerprint density at radius 1 is 1.00 bits per heavy atom. The van der Waals surface area contributed by atoms with Crippen LogP contribution in [0.1, 0.15) is 30.5 Å². The fourth-order valence-electron chi connectivity index (χ4n) is 4.43. The van der Waals surface area contributed by atoms with Crippen LogP contribution in [0.15, 0.2) is 54.7 Å². The molecule has 2 aliphatic rings. The van der Waals surface area contributed by atoms with E-state index in [2.05, 4.69) is 26.2 Å². The van der Waals surface area contributed by atoms with Crippen molar-refractivity contribution in [3.8, 4) is 0 Å². The lowest BCUT2D eigenvalue weighted by molar-refractivity contribution is 0.180. The highest BCUT2D eigenvalue weighted by Gasteiger charge is 2.38. The number of nitrogens with one attached hydrogen (secondary N) is 1. The predicted octanol–water partition coefficient (Wildman–Crippen LogP) is 3.28. The summed E-state index contributed by atoms with van der Waals surface area (Å²) in [5.41, 5.74) is 2.27. The van der Waals surface area contributed by atoms with Gasteiger partial charge in [-0.3, -0.25) is 9.88 Å². The third-order valence-electron chi connectivity index (χ3n) is 5.90. The van der Waals surface area contributed by atoms with Crippen LogP contribution < -0.4 is 5.32 Å². The molecule has 5 heteroatoms. The Bertz CT molecular complexity index is 736. The molecule has 5 nitrogen and oxygen atoms in total. The standard InChI is InChI=1S/C22H28N4O/c27-22(24-16-18-6-2-1-3-7-18)26-15-10-19-9-13-25(14-11-21(19)26)17-20-8-4-5-12-23-20/h1-8,12,19,21H,9-11,13-17H2,(H,24,27)/t19-,21-/m1/s1. The number of hydrogen-bond donors (Lipinski definition) is 1. The molecule has 2 amide bonds. The Hall–Kier alpha value is -2.40. The highest BCUT2D eigenvalue weighted by molar-refractivity contribution is 5.75. The number of aromatic nitrogens is 1. The van der Waals surface area contributed by atoms with E-state index >= 15 is 0 Å². The maximum atomic E-state index is 12.7. The van der Waals surface area contributed by atoms with Crippen LogP contribution in [0.5, 0.6) is 0 Å². The third-order valence-corrected chi connectivity index (χ3v) is 5.90. The summed E-state index contributed by atoms with van der Waals surface area (Å²) in [6, 6.07) is 16.7. The zero-order valence-corrected chi connectivity index (χ0v) is 15.8. The number of fused-ring (bicyclic) bond motifs is 1. The van der Waals surface area contributed by atoms with Crippen molar-refractivity contribution in [2.24, 2.45) is 5.92 Å². The molecule has 2 aliphatic heterocycles. The van der Waals surface area contributed by atoms with Crippen LogP contribution >= 0.6 is 0 Å². The quantitative estimate of drug-likeness (QED) is 0.906. The Balaban J connectivity index is 1.32. The van der Waals surface area contributed by atoms with E-state index in [4.69, 9.17) is 0 Å². The minimum atomic E-state index is 0.0875. The highest BCUT2D eigenvalue weighted by atomic mass is 16.2. The Morgan fingerprint density at radius 2 is 1.78 bits per heavy atom. The van der Waals surface area contributed by atoms with Gasteiger partial charge in [0, 0.05) is 38.4 Å². The van der Waals surface area contributed by atoms with Crippen LogP contribution in [0.4, 0.5) is 4.79 Å². The number of amides is 2. The number of carbonyl (C=O) groups is 1. The van der Waals surface area contributed by atoms with Crippen LogP contribution in [0.25, 0.3) is 0 Å². The van der Waals surface area contributed by atoms with Gasteiger partial charge in [0.05, 0.1) is 5.69 Å². The molecule has 142 valence electrons. The van der Waals surface area contributed by atoms with Gasteiger partial charge < -0.3 is 10.2 Å². The Labute approximate surface area is 161 Å². The lowest BCUT2D eigenvalue weighted by Crippen LogP contribution is -2.44. The first-order chi connectivity index (χ1) is 13.3. The van der Waals surface area contributed by atoms with Crippen molar-refractivity contribution in [3.05, 3.63) is 66.0 Å². The van der Waals surface area contributed by atoms with E-state index in [0.717, 1.165) is 50.3 Å². The molecule has 2 saturated heterocycles. The molecule has 1 aromatic heterocycles. The fourth-order valence-corrected chi connectivity index (χ4v) is 4.43. The van der Waals surface area contributed by atoms with Crippen molar-refractivity contribution in [2.75, 3.05) is 19.6 Å². The summed E-state index contributed by atoms with van der Waals surface area (Å²) in [4.78, 5) is 21.8. The molecule has 1 N–H and O–H groups in total. The SMILES string of the molecule is O=C(NCc1ccccc1)N1CC[C@H]2CCN(Cc3ccccn3)CC[C@H]21. The van der Waals surface area contributed by atoms with Crippen LogP contribution in [0, 0.1) is 5.92 Å². The lowest BCUT2D eigenvalue weighted by atomic mass is 9.96. The van der Waals surface area contributed by atoms with Crippen molar-refractivity contribution in [2.45, 2.75) is 38.4 Å². The van der Waals surface area contributed by atoms with E-state index in [0.29, 0.717) is 18.5 Å². The number of rotatable bonds is 4. The second kappa shape index (κ2) is 8.53. The van der Waals surface area contributed by atoms with Crippen LogP contribution in [-0.4, -0.2) is 46.5 Å². The van der Waals surface area contributed by atoms with Crippen LogP contribution in [0.3, 0.4) is 0 Å². The maximum Gasteiger partial charge on any atom is 0.317 e. The molecule has 0 spiro atoms. The summed E-state index contributed by atoms with van der Waals surface area (Å²) >= 11 is 0. The molecule has 3 heterocycles. The van der Waals surface area contributed by atoms with E-state index in [1.165, 1.54) is 6.42 Å². The van der Waals surface area contributed by atoms with E-state index < -0.39 is 0 Å². The fraction of sp³-hybridized carbons (Fsp3) is 0.455. The van der Waals surface area contributed by atoms with E-state index in [1.54, 1.807) is 0 Å². The van der Waals surface area contributed by atoms with E-state index in [9.17, 15) is 4.79 Å². The van der Waals surface area contributed by atoms with Gasteiger partial charge in [0.25, 0.3) is 0 Å². The minimum absolute atomic E-state index is 0.0875. The van der Waals surface area contributed by atoms with Gasteiger partial charge in [0.15, 0.2) is 0 Å². The average molecular weight is 364 g/mol. The zero-order valence-electron chi connectivity index (χ0n) is 15.8. The third kappa shape index (κ3) is 4.48. The summed E-state index contributed by atoms with van der Waals surface area (Å²) in [6.45, 7) is 4.51. The second-order valence-corrected chi connectivity index (χ2v) is 7.63. The number of carbonyl (C=O) groups excluding carboxylic acids is 1. The second-order valence-electron chi connectivity index (χ2n) is 7.63. The molecule has 0 radical (unpaired) electrons. The summed E-state index contributed by atoms with van der Waals surface area (Å²) in [6.07, 6.45) is 5.21. The Morgan fingerprint density at radius 3 is 2.59 bits per heavy atom. The molecule has 0 unspecified atom stereocenters. The first-order valence-electron chi connectivity index (χ1n) is 10.0. The van der Waals surface area contributed by atoms with Gasteiger partial charge in [-0.2, -0.15) is 0 Å². The van der Waals surface area contributed by atoms with Crippen molar-refractivity contribution in [1.29, 1.82) is 0 Å². The number of pyridine rings is 1. The molecular formula is C22H28N4O. The molecule has 2 fully saturated rings. The summed E-state index contributed by atoms with van der Waals surface area (Å²) in [5.74, 6) is 0.626. The predicted molar refractivity (Wildman–Crippen MR) is 106 cm³/mol. The molecule has 4 rings (SSSR count). The van der Waals surface area contributed by atoms with Gasteiger partial charge in [-0.25, -0.2) is 4.79 Å². The lowest BCUT2D eigenvalue weighted by Gasteiger charge is -2.27. The highest BCUT2D eigenvalue weighted by Crippen LogP contribution is 2.32. The smallest absolute Gasteiger partial charge is 0.317 e. The van der Waals surface area contributed by atoms with E-state index in [-0.39, 0.29) is 6.03 Å². The monoisotopic (exact) mass is 364 g/mol. The number of benzene rings is 1. The topological polar surface area (TPSA) is 48.5 Å². The first kappa shape index (κ1) is 18.0. The molecule has 2 aromatic rings. The number of nitrogens with zero attached hydrogens (tertiary/aromatic N) is 3. The summed E-state index contributed by atoms with van der Waals surface area (Å²) < 4.78 is 0. The van der Waals surface area contributed by atoms with Gasteiger partial charge in [0.2, 0.25) is 0 Å². The largest absolute Gasteiger partial charge is 0.334 e. The van der Waals surface area contributed by atoms with Crippen molar-refractivity contribution in [3.63, 3.8) is 0 Å². The molecule has 0 saturated carbocycles. The number of likely N-dealkylation sites (tertiary alicyclic amines) is 2. The van der Waals surface area contributed by atoms with Gasteiger partial charge in [-0.05, 0) is 49.4 Å². The van der Waals surface area contributed by atoms with Crippen molar-refractivity contribution < 1.29 is 4.79 Å². The average Bonchev–Trinajstić information content (AvgIpc) is 3.02. The van der Waals surface area contributed by atoms with Crippen molar-refractivity contribution >= 4 is 6.03 Å². The normalized spacial score (nSPS) is 22.9.